The highest BCUT2D eigenvalue weighted by molar-refractivity contribution is 5.57. The lowest BCUT2D eigenvalue weighted by Crippen LogP contribution is -2.17. The van der Waals surface area contributed by atoms with E-state index in [1.807, 2.05) is 0 Å². The van der Waals surface area contributed by atoms with Gasteiger partial charge >= 0.3 is 0 Å². The highest BCUT2D eigenvalue weighted by atomic mass is 15.1. The van der Waals surface area contributed by atoms with Crippen LogP contribution in [0.5, 0.6) is 0 Å². The molecule has 2 rings (SSSR count). The van der Waals surface area contributed by atoms with Crippen LogP contribution in [-0.4, -0.2) is 23.1 Å². The van der Waals surface area contributed by atoms with Gasteiger partial charge < -0.3 is 10.6 Å². The number of nitrogens with zero attached hydrogens (tertiary/aromatic N) is 2. The largest absolute Gasteiger partial charge is 0.370 e. The normalized spacial score (nSPS) is 16.2. The highest BCUT2D eigenvalue weighted by Crippen LogP contribution is 2.48. The first-order valence-corrected chi connectivity index (χ1v) is 7.56. The van der Waals surface area contributed by atoms with Gasteiger partial charge in [-0.15, -0.1) is 0 Å². The van der Waals surface area contributed by atoms with Crippen molar-refractivity contribution in [3.8, 4) is 0 Å². The molecule has 0 atom stereocenters. The molecule has 1 heterocycles. The lowest BCUT2D eigenvalue weighted by Gasteiger charge is -2.18. The molecule has 4 nitrogen and oxygen atoms in total. The first kappa shape index (κ1) is 14.1. The Morgan fingerprint density at radius 1 is 1.11 bits per heavy atom. The van der Waals surface area contributed by atoms with E-state index in [2.05, 4.69) is 41.4 Å². The maximum Gasteiger partial charge on any atom is 0.134 e. The first-order chi connectivity index (χ1) is 9.24. The van der Waals surface area contributed by atoms with Crippen molar-refractivity contribution in [1.29, 1.82) is 0 Å². The molecule has 0 spiro atoms. The second-order valence-corrected chi connectivity index (χ2v) is 5.54. The predicted octanol–water partition coefficient (Wildman–Crippen LogP) is 3.46. The van der Waals surface area contributed by atoms with E-state index in [4.69, 9.17) is 0 Å². The second-order valence-electron chi connectivity index (χ2n) is 5.54. The van der Waals surface area contributed by atoms with E-state index >= 15 is 0 Å². The van der Waals surface area contributed by atoms with E-state index in [0.29, 0.717) is 5.41 Å². The summed E-state index contributed by atoms with van der Waals surface area (Å²) in [4.78, 5) is 8.81. The van der Waals surface area contributed by atoms with Crippen LogP contribution in [0, 0.1) is 5.41 Å². The summed E-state index contributed by atoms with van der Waals surface area (Å²) in [5, 5.41) is 6.90. The van der Waals surface area contributed by atoms with Crippen molar-refractivity contribution in [2.45, 2.75) is 52.9 Å². The number of anilines is 2. The molecule has 1 aliphatic rings. The van der Waals surface area contributed by atoms with Gasteiger partial charge in [-0.3, -0.25) is 0 Å². The van der Waals surface area contributed by atoms with E-state index in [0.717, 1.165) is 37.6 Å². The molecule has 106 valence electrons. The zero-order valence-electron chi connectivity index (χ0n) is 12.4. The van der Waals surface area contributed by atoms with Crippen molar-refractivity contribution in [2.75, 3.05) is 23.7 Å². The van der Waals surface area contributed by atoms with E-state index in [1.165, 1.54) is 24.8 Å². The van der Waals surface area contributed by atoms with Crippen LogP contribution in [0.4, 0.5) is 11.6 Å². The van der Waals surface area contributed by atoms with Gasteiger partial charge in [0.1, 0.15) is 18.0 Å². The number of hydrogen-bond donors (Lipinski definition) is 2. The van der Waals surface area contributed by atoms with Gasteiger partial charge in [0.25, 0.3) is 0 Å². The van der Waals surface area contributed by atoms with Crippen molar-refractivity contribution >= 4 is 11.6 Å². The molecule has 1 fully saturated rings. The van der Waals surface area contributed by atoms with Crippen LogP contribution in [0.15, 0.2) is 6.33 Å². The minimum Gasteiger partial charge on any atom is -0.370 e. The van der Waals surface area contributed by atoms with Crippen molar-refractivity contribution in [1.82, 2.24) is 9.97 Å². The van der Waals surface area contributed by atoms with Gasteiger partial charge in [0.15, 0.2) is 0 Å². The molecule has 0 amide bonds. The standard InChI is InChI=1S/C15H26N4/c1-4-7-12-13(16-6-3)18-11-19-14(12)17-10-15(5-2)8-9-15/h11H,4-10H2,1-3H3,(H2,16,17,18,19). The van der Waals surface area contributed by atoms with Gasteiger partial charge in [0, 0.05) is 18.7 Å². The molecule has 4 heteroatoms. The molecule has 0 saturated heterocycles. The summed E-state index contributed by atoms with van der Waals surface area (Å²) in [5.41, 5.74) is 1.77. The molecule has 1 aliphatic carbocycles. The number of rotatable bonds is 8. The summed E-state index contributed by atoms with van der Waals surface area (Å²) in [6.07, 6.45) is 7.75. The summed E-state index contributed by atoms with van der Waals surface area (Å²) in [6, 6.07) is 0. The Bertz CT molecular complexity index is 413. The SMILES string of the molecule is CCCc1c(NCC)ncnc1NCC1(CC)CC1. The average molecular weight is 262 g/mol. The van der Waals surface area contributed by atoms with E-state index in [1.54, 1.807) is 6.33 Å². The summed E-state index contributed by atoms with van der Waals surface area (Å²) >= 11 is 0. The van der Waals surface area contributed by atoms with Crippen LogP contribution in [-0.2, 0) is 6.42 Å². The lowest BCUT2D eigenvalue weighted by atomic mass is 10.0. The molecule has 2 N–H and O–H groups in total. The predicted molar refractivity (Wildman–Crippen MR) is 80.6 cm³/mol. The van der Waals surface area contributed by atoms with Crippen LogP contribution in [0.25, 0.3) is 0 Å². The quantitative estimate of drug-likeness (QED) is 0.753. The third-order valence-electron chi connectivity index (χ3n) is 4.13. The Morgan fingerprint density at radius 3 is 2.32 bits per heavy atom. The Kier molecular flexibility index (Phi) is 4.61. The molecule has 0 unspecified atom stereocenters. The van der Waals surface area contributed by atoms with E-state index in [-0.39, 0.29) is 0 Å². The Hall–Kier alpha value is -1.32. The van der Waals surface area contributed by atoms with Gasteiger partial charge in [-0.2, -0.15) is 0 Å². The molecule has 1 saturated carbocycles. The molecule has 0 aliphatic heterocycles. The molecular weight excluding hydrogens is 236 g/mol. The van der Waals surface area contributed by atoms with Crippen molar-refractivity contribution in [2.24, 2.45) is 5.41 Å². The monoisotopic (exact) mass is 262 g/mol. The maximum absolute atomic E-state index is 4.44. The number of nitrogens with one attached hydrogen (secondary N) is 2. The van der Waals surface area contributed by atoms with E-state index < -0.39 is 0 Å². The minimum atomic E-state index is 0.535. The highest BCUT2D eigenvalue weighted by Gasteiger charge is 2.40. The van der Waals surface area contributed by atoms with E-state index in [9.17, 15) is 0 Å². The second kappa shape index (κ2) is 6.22. The third-order valence-corrected chi connectivity index (χ3v) is 4.13. The van der Waals surface area contributed by atoms with Crippen molar-refractivity contribution in [3.05, 3.63) is 11.9 Å². The number of aromatic nitrogens is 2. The van der Waals surface area contributed by atoms with Gasteiger partial charge in [-0.05, 0) is 38.0 Å². The fourth-order valence-corrected chi connectivity index (χ4v) is 2.47. The summed E-state index contributed by atoms with van der Waals surface area (Å²) < 4.78 is 0. The molecule has 0 aromatic carbocycles. The zero-order valence-corrected chi connectivity index (χ0v) is 12.4. The van der Waals surface area contributed by atoms with Crippen molar-refractivity contribution in [3.63, 3.8) is 0 Å². The molecule has 0 radical (unpaired) electrons. The first-order valence-electron chi connectivity index (χ1n) is 7.56. The van der Waals surface area contributed by atoms with Crippen LogP contribution in [0.3, 0.4) is 0 Å². The topological polar surface area (TPSA) is 49.8 Å². The minimum absolute atomic E-state index is 0.535. The van der Waals surface area contributed by atoms with Crippen LogP contribution >= 0.6 is 0 Å². The average Bonchev–Trinajstić information content (AvgIpc) is 3.20. The number of hydrogen-bond acceptors (Lipinski definition) is 4. The van der Waals surface area contributed by atoms with Gasteiger partial charge in [-0.25, -0.2) is 9.97 Å². The fraction of sp³-hybridized carbons (Fsp3) is 0.733. The fourth-order valence-electron chi connectivity index (χ4n) is 2.47. The Morgan fingerprint density at radius 2 is 1.79 bits per heavy atom. The zero-order chi connectivity index (χ0) is 13.7. The molecule has 0 bridgehead atoms. The van der Waals surface area contributed by atoms with Crippen LogP contribution in [0.1, 0.15) is 52.0 Å². The molecular formula is C15H26N4. The summed E-state index contributed by atoms with van der Waals surface area (Å²) in [6.45, 7) is 8.52. The molecule has 19 heavy (non-hydrogen) atoms. The Labute approximate surface area is 116 Å². The van der Waals surface area contributed by atoms with Crippen molar-refractivity contribution < 1.29 is 0 Å². The van der Waals surface area contributed by atoms with Crippen LogP contribution < -0.4 is 10.6 Å². The van der Waals surface area contributed by atoms with Gasteiger partial charge in [0.2, 0.25) is 0 Å². The molecule has 1 aromatic rings. The summed E-state index contributed by atoms with van der Waals surface area (Å²) in [7, 11) is 0. The summed E-state index contributed by atoms with van der Waals surface area (Å²) in [5.74, 6) is 2.01. The smallest absolute Gasteiger partial charge is 0.134 e. The lowest BCUT2D eigenvalue weighted by molar-refractivity contribution is 0.520. The molecule has 1 aromatic heterocycles. The maximum atomic E-state index is 4.44. The third kappa shape index (κ3) is 3.37. The van der Waals surface area contributed by atoms with Gasteiger partial charge in [-0.1, -0.05) is 20.3 Å². The van der Waals surface area contributed by atoms with Crippen LogP contribution in [0.2, 0.25) is 0 Å². The Balaban J connectivity index is 2.11. The van der Waals surface area contributed by atoms with Gasteiger partial charge in [0.05, 0.1) is 0 Å².